The molecule has 0 bridgehead atoms. The molecule has 0 radical (unpaired) electrons. The van der Waals surface area contributed by atoms with Crippen LogP contribution in [0.2, 0.25) is 0 Å². The van der Waals surface area contributed by atoms with Crippen LogP contribution in [0.4, 0.5) is 5.69 Å². The van der Waals surface area contributed by atoms with Gasteiger partial charge in [0.15, 0.2) is 0 Å². The summed E-state index contributed by atoms with van der Waals surface area (Å²) in [5.74, 6) is 1.32. The van der Waals surface area contributed by atoms with Gasteiger partial charge in [0.25, 0.3) is 11.8 Å². The minimum atomic E-state index is -0.235. The van der Waals surface area contributed by atoms with E-state index in [-0.39, 0.29) is 12.0 Å². The van der Waals surface area contributed by atoms with Crippen LogP contribution in [-0.2, 0) is 0 Å². The molecule has 4 aromatic rings. The number of amides is 1. The van der Waals surface area contributed by atoms with Gasteiger partial charge in [0.05, 0.1) is 17.4 Å². The zero-order valence-electron chi connectivity index (χ0n) is 16.7. The molecule has 0 aliphatic carbocycles. The number of rotatable bonds is 6. The first-order chi connectivity index (χ1) is 14.6. The Balaban J connectivity index is 1.55. The van der Waals surface area contributed by atoms with Crippen LogP contribution < -0.4 is 10.1 Å². The molecule has 0 atom stereocenters. The van der Waals surface area contributed by atoms with Crippen molar-refractivity contribution in [3.63, 3.8) is 0 Å². The van der Waals surface area contributed by atoms with Gasteiger partial charge in [-0.25, -0.2) is 0 Å². The largest absolute Gasteiger partial charge is 0.491 e. The number of nitrogens with one attached hydrogen (secondary N) is 1. The molecule has 0 spiro atoms. The van der Waals surface area contributed by atoms with Gasteiger partial charge in [-0.2, -0.15) is 4.98 Å². The third-order valence-corrected chi connectivity index (χ3v) is 4.35. The second-order valence-electron chi connectivity index (χ2n) is 6.98. The minimum Gasteiger partial charge on any atom is -0.491 e. The highest BCUT2D eigenvalue weighted by molar-refractivity contribution is 6.06. The van der Waals surface area contributed by atoms with E-state index >= 15 is 0 Å². The Bertz CT molecular complexity index is 1140. The first kappa shape index (κ1) is 19.4. The predicted molar refractivity (Wildman–Crippen MR) is 115 cm³/mol. The van der Waals surface area contributed by atoms with Crippen molar-refractivity contribution in [3.05, 3.63) is 84.4 Å². The molecule has 6 heteroatoms. The summed E-state index contributed by atoms with van der Waals surface area (Å²) in [4.78, 5) is 17.2. The average molecular weight is 399 g/mol. The number of benzene rings is 3. The third kappa shape index (κ3) is 4.38. The normalized spacial score (nSPS) is 10.8. The first-order valence-corrected chi connectivity index (χ1v) is 9.67. The number of hydrogen-bond acceptors (Lipinski definition) is 5. The zero-order valence-corrected chi connectivity index (χ0v) is 16.7. The fourth-order valence-electron chi connectivity index (χ4n) is 2.97. The smallest absolute Gasteiger partial charge is 0.260 e. The molecule has 1 aromatic heterocycles. The van der Waals surface area contributed by atoms with Crippen molar-refractivity contribution in [2.45, 2.75) is 20.0 Å². The summed E-state index contributed by atoms with van der Waals surface area (Å²) in [5.41, 5.74) is 2.63. The molecule has 3 aromatic carbocycles. The molecule has 1 amide bonds. The number of carbonyl (C=O) groups excluding carboxylic acids is 1. The third-order valence-electron chi connectivity index (χ3n) is 4.35. The van der Waals surface area contributed by atoms with Crippen molar-refractivity contribution in [2.24, 2.45) is 0 Å². The fraction of sp³-hybridized carbons (Fsp3) is 0.125. The lowest BCUT2D eigenvalue weighted by Crippen LogP contribution is -2.13. The molecule has 0 unspecified atom stereocenters. The van der Waals surface area contributed by atoms with Crippen LogP contribution in [-0.4, -0.2) is 22.2 Å². The first-order valence-electron chi connectivity index (χ1n) is 9.67. The van der Waals surface area contributed by atoms with Crippen LogP contribution in [0.25, 0.3) is 22.8 Å². The zero-order chi connectivity index (χ0) is 20.9. The molecule has 4 rings (SSSR count). The number of aromatic nitrogens is 2. The quantitative estimate of drug-likeness (QED) is 0.467. The maximum atomic E-state index is 12.7. The number of nitrogens with zero attached hydrogens (tertiary/aromatic N) is 2. The maximum Gasteiger partial charge on any atom is 0.260 e. The molecule has 0 saturated heterocycles. The van der Waals surface area contributed by atoms with E-state index in [9.17, 15) is 4.79 Å². The maximum absolute atomic E-state index is 12.7. The van der Waals surface area contributed by atoms with Gasteiger partial charge in [-0.05, 0) is 50.2 Å². The van der Waals surface area contributed by atoms with Gasteiger partial charge in [-0.1, -0.05) is 47.6 Å². The molecular weight excluding hydrogens is 378 g/mol. The average Bonchev–Trinajstić information content (AvgIpc) is 3.25. The van der Waals surface area contributed by atoms with Gasteiger partial charge in [0.2, 0.25) is 5.82 Å². The van der Waals surface area contributed by atoms with Crippen LogP contribution in [0.1, 0.15) is 24.2 Å². The van der Waals surface area contributed by atoms with E-state index in [0.29, 0.717) is 28.5 Å². The van der Waals surface area contributed by atoms with Crippen LogP contribution in [0.5, 0.6) is 5.75 Å². The monoisotopic (exact) mass is 399 g/mol. The Morgan fingerprint density at radius 1 is 0.933 bits per heavy atom. The minimum absolute atomic E-state index is 0.0757. The molecule has 6 nitrogen and oxygen atoms in total. The molecular formula is C24H21N3O3. The summed E-state index contributed by atoms with van der Waals surface area (Å²) in [5, 5.41) is 6.99. The lowest BCUT2D eigenvalue weighted by atomic mass is 10.1. The Kier molecular flexibility index (Phi) is 5.57. The topological polar surface area (TPSA) is 77.2 Å². The van der Waals surface area contributed by atoms with Crippen molar-refractivity contribution in [1.82, 2.24) is 10.1 Å². The number of carbonyl (C=O) groups is 1. The second kappa shape index (κ2) is 8.61. The number of ether oxygens (including phenoxy) is 1. The summed E-state index contributed by atoms with van der Waals surface area (Å²) < 4.78 is 11.1. The Morgan fingerprint density at radius 3 is 2.37 bits per heavy atom. The van der Waals surface area contributed by atoms with Gasteiger partial charge < -0.3 is 14.6 Å². The summed E-state index contributed by atoms with van der Waals surface area (Å²) in [6, 6.07) is 23.9. The number of anilines is 1. The summed E-state index contributed by atoms with van der Waals surface area (Å²) in [6.07, 6.45) is 0.0757. The van der Waals surface area contributed by atoms with Crippen molar-refractivity contribution in [1.29, 1.82) is 0 Å². The molecule has 1 N–H and O–H groups in total. The molecule has 1 heterocycles. The molecule has 0 aliphatic heterocycles. The predicted octanol–water partition coefficient (Wildman–Crippen LogP) is 5.44. The van der Waals surface area contributed by atoms with Gasteiger partial charge in [-0.3, -0.25) is 4.79 Å². The van der Waals surface area contributed by atoms with Crippen LogP contribution >= 0.6 is 0 Å². The summed E-state index contributed by atoms with van der Waals surface area (Å²) in [6.45, 7) is 3.91. The fourth-order valence-corrected chi connectivity index (χ4v) is 2.97. The van der Waals surface area contributed by atoms with E-state index < -0.39 is 0 Å². The lowest BCUT2D eigenvalue weighted by Gasteiger charge is -2.11. The highest BCUT2D eigenvalue weighted by Gasteiger charge is 2.16. The van der Waals surface area contributed by atoms with E-state index in [0.717, 1.165) is 11.3 Å². The molecule has 150 valence electrons. The molecule has 30 heavy (non-hydrogen) atoms. The second-order valence-corrected chi connectivity index (χ2v) is 6.98. The highest BCUT2D eigenvalue weighted by Crippen LogP contribution is 2.29. The standard InChI is InChI=1S/C24H21N3O3/c1-16(2)29-19-14-12-18(13-15-19)23(28)25-21-11-7-6-10-20(21)24-26-22(27-30-24)17-8-4-3-5-9-17/h3-16H,1-2H3,(H,25,28). The lowest BCUT2D eigenvalue weighted by molar-refractivity contribution is 0.102. The molecule has 0 saturated carbocycles. The van der Waals surface area contributed by atoms with Gasteiger partial charge in [0.1, 0.15) is 5.75 Å². The van der Waals surface area contributed by atoms with Gasteiger partial charge >= 0.3 is 0 Å². The van der Waals surface area contributed by atoms with Crippen LogP contribution in [0, 0.1) is 0 Å². The van der Waals surface area contributed by atoms with E-state index in [4.69, 9.17) is 9.26 Å². The van der Waals surface area contributed by atoms with E-state index in [1.165, 1.54) is 0 Å². The van der Waals surface area contributed by atoms with Crippen molar-refractivity contribution in [2.75, 3.05) is 5.32 Å². The van der Waals surface area contributed by atoms with E-state index in [2.05, 4.69) is 15.5 Å². The highest BCUT2D eigenvalue weighted by atomic mass is 16.5. The van der Waals surface area contributed by atoms with Crippen molar-refractivity contribution >= 4 is 11.6 Å². The van der Waals surface area contributed by atoms with Gasteiger partial charge in [0, 0.05) is 11.1 Å². The van der Waals surface area contributed by atoms with E-state index in [1.54, 1.807) is 30.3 Å². The van der Waals surface area contributed by atoms with Gasteiger partial charge in [-0.15, -0.1) is 0 Å². The number of para-hydroxylation sites is 1. The van der Waals surface area contributed by atoms with Crippen LogP contribution in [0.15, 0.2) is 83.4 Å². The Morgan fingerprint density at radius 2 is 1.63 bits per heavy atom. The van der Waals surface area contributed by atoms with Crippen molar-refractivity contribution in [3.8, 4) is 28.6 Å². The number of hydrogen-bond donors (Lipinski definition) is 1. The molecule has 0 fully saturated rings. The summed E-state index contributed by atoms with van der Waals surface area (Å²) >= 11 is 0. The summed E-state index contributed by atoms with van der Waals surface area (Å²) in [7, 11) is 0. The van der Waals surface area contributed by atoms with Crippen molar-refractivity contribution < 1.29 is 14.1 Å². The van der Waals surface area contributed by atoms with E-state index in [1.807, 2.05) is 62.4 Å². The molecule has 0 aliphatic rings. The van der Waals surface area contributed by atoms with Crippen LogP contribution in [0.3, 0.4) is 0 Å². The SMILES string of the molecule is CC(C)Oc1ccc(C(=O)Nc2ccccc2-c2nc(-c3ccccc3)no2)cc1. The Labute approximate surface area is 174 Å². The Hall–Kier alpha value is -3.93.